The number of nitrogens with zero attached hydrogens (tertiary/aromatic N) is 1. The summed E-state index contributed by atoms with van der Waals surface area (Å²) >= 11 is 5.95. The van der Waals surface area contributed by atoms with Gasteiger partial charge in [-0.3, -0.25) is 0 Å². The van der Waals surface area contributed by atoms with Gasteiger partial charge in [-0.25, -0.2) is 8.42 Å². The summed E-state index contributed by atoms with van der Waals surface area (Å²) in [5.74, 6) is 0. The molecule has 2 aromatic carbocycles. The molecule has 3 nitrogen and oxygen atoms in total. The fourth-order valence-electron chi connectivity index (χ4n) is 3.00. The van der Waals surface area contributed by atoms with Gasteiger partial charge in [0.25, 0.3) is 0 Å². The van der Waals surface area contributed by atoms with Crippen molar-refractivity contribution < 1.29 is 8.42 Å². The predicted octanol–water partition coefficient (Wildman–Crippen LogP) is 4.17. The molecule has 22 heavy (non-hydrogen) atoms. The monoisotopic (exact) mass is 335 g/mol. The van der Waals surface area contributed by atoms with Crippen LogP contribution in [0, 0.1) is 6.92 Å². The molecule has 0 bridgehead atoms. The molecule has 1 unspecified atom stereocenters. The first-order valence-electron chi connectivity index (χ1n) is 7.32. The standard InChI is InChI=1S/C17H18ClNO2S/c1-13-5-2-6-14(11-13)17-9-4-10-19(17)22(20,21)16-8-3-7-15(18)12-16/h2-3,5-8,11-12,17H,4,9-10H2,1H3. The molecular weight excluding hydrogens is 318 g/mol. The average molecular weight is 336 g/mol. The van der Waals surface area contributed by atoms with Crippen molar-refractivity contribution in [3.05, 3.63) is 64.7 Å². The normalized spacial score (nSPS) is 19.5. The minimum atomic E-state index is -3.52. The zero-order valence-electron chi connectivity index (χ0n) is 12.4. The second-order valence-corrected chi connectivity index (χ2v) is 7.97. The molecule has 1 fully saturated rings. The summed E-state index contributed by atoms with van der Waals surface area (Å²) in [5, 5.41) is 0.437. The van der Waals surface area contributed by atoms with Crippen molar-refractivity contribution in [3.8, 4) is 0 Å². The van der Waals surface area contributed by atoms with Gasteiger partial charge in [0.2, 0.25) is 10.0 Å². The van der Waals surface area contributed by atoms with Crippen molar-refractivity contribution in [2.75, 3.05) is 6.54 Å². The molecule has 1 saturated heterocycles. The first kappa shape index (κ1) is 15.5. The minimum Gasteiger partial charge on any atom is -0.207 e. The van der Waals surface area contributed by atoms with Crippen LogP contribution >= 0.6 is 11.6 Å². The van der Waals surface area contributed by atoms with E-state index in [1.165, 1.54) is 6.07 Å². The van der Waals surface area contributed by atoms with E-state index in [1.807, 2.05) is 25.1 Å². The third-order valence-corrected chi connectivity index (χ3v) is 6.17. The van der Waals surface area contributed by atoms with Gasteiger partial charge in [-0.2, -0.15) is 4.31 Å². The van der Waals surface area contributed by atoms with Crippen LogP contribution in [0.15, 0.2) is 53.4 Å². The molecule has 2 aromatic rings. The lowest BCUT2D eigenvalue weighted by atomic mass is 10.0. The highest BCUT2D eigenvalue weighted by atomic mass is 35.5. The van der Waals surface area contributed by atoms with Crippen LogP contribution in [0.4, 0.5) is 0 Å². The molecule has 1 atom stereocenters. The second kappa shape index (κ2) is 6.03. The van der Waals surface area contributed by atoms with E-state index in [0.717, 1.165) is 24.0 Å². The second-order valence-electron chi connectivity index (χ2n) is 5.65. The van der Waals surface area contributed by atoms with Crippen molar-refractivity contribution in [1.82, 2.24) is 4.31 Å². The molecular formula is C17H18ClNO2S. The number of aryl methyl sites for hydroxylation is 1. The summed E-state index contributed by atoms with van der Waals surface area (Å²) in [6, 6.07) is 14.5. The molecule has 1 aliphatic rings. The van der Waals surface area contributed by atoms with E-state index < -0.39 is 10.0 Å². The van der Waals surface area contributed by atoms with Crippen molar-refractivity contribution in [2.24, 2.45) is 0 Å². The lowest BCUT2D eigenvalue weighted by Gasteiger charge is -2.24. The van der Waals surface area contributed by atoms with Gasteiger partial charge in [0.1, 0.15) is 0 Å². The van der Waals surface area contributed by atoms with E-state index in [2.05, 4.69) is 6.07 Å². The quantitative estimate of drug-likeness (QED) is 0.844. The van der Waals surface area contributed by atoms with E-state index in [4.69, 9.17) is 11.6 Å². The summed E-state index contributed by atoms with van der Waals surface area (Å²) in [6.45, 7) is 2.57. The molecule has 0 amide bonds. The summed E-state index contributed by atoms with van der Waals surface area (Å²) < 4.78 is 27.4. The van der Waals surface area contributed by atoms with Crippen LogP contribution in [0.2, 0.25) is 5.02 Å². The molecule has 1 aliphatic heterocycles. The Balaban J connectivity index is 1.99. The van der Waals surface area contributed by atoms with Gasteiger partial charge in [-0.05, 0) is 43.5 Å². The fourth-order valence-corrected chi connectivity index (χ4v) is 4.98. The van der Waals surface area contributed by atoms with E-state index in [0.29, 0.717) is 11.6 Å². The molecule has 5 heteroatoms. The number of sulfonamides is 1. The number of rotatable bonds is 3. The smallest absolute Gasteiger partial charge is 0.207 e. The van der Waals surface area contributed by atoms with Gasteiger partial charge in [-0.15, -0.1) is 0 Å². The summed E-state index contributed by atoms with van der Waals surface area (Å²) in [7, 11) is -3.52. The van der Waals surface area contributed by atoms with Crippen molar-refractivity contribution in [1.29, 1.82) is 0 Å². The summed E-state index contributed by atoms with van der Waals surface area (Å²) in [6.07, 6.45) is 1.72. The van der Waals surface area contributed by atoms with Gasteiger partial charge < -0.3 is 0 Å². The summed E-state index contributed by atoms with van der Waals surface area (Å²) in [4.78, 5) is 0.263. The van der Waals surface area contributed by atoms with Crippen LogP contribution in [0.3, 0.4) is 0 Å². The van der Waals surface area contributed by atoms with E-state index >= 15 is 0 Å². The van der Waals surface area contributed by atoms with E-state index in [-0.39, 0.29) is 10.9 Å². The number of benzene rings is 2. The maximum Gasteiger partial charge on any atom is 0.243 e. The Kier molecular flexibility index (Phi) is 4.26. The molecule has 0 aromatic heterocycles. The predicted molar refractivity (Wildman–Crippen MR) is 88.5 cm³/mol. The third kappa shape index (κ3) is 2.91. The molecule has 0 radical (unpaired) electrons. The van der Waals surface area contributed by atoms with Crippen LogP contribution in [-0.2, 0) is 10.0 Å². The SMILES string of the molecule is Cc1cccc(C2CCCN2S(=O)(=O)c2cccc(Cl)c2)c1. The largest absolute Gasteiger partial charge is 0.243 e. The number of hydrogen-bond acceptors (Lipinski definition) is 2. The highest BCUT2D eigenvalue weighted by Crippen LogP contribution is 2.37. The Morgan fingerprint density at radius 1 is 1.14 bits per heavy atom. The zero-order valence-corrected chi connectivity index (χ0v) is 13.9. The Hall–Kier alpha value is -1.36. The maximum absolute atomic E-state index is 12.9. The highest BCUT2D eigenvalue weighted by Gasteiger charge is 2.36. The van der Waals surface area contributed by atoms with Gasteiger partial charge in [0, 0.05) is 11.6 Å². The van der Waals surface area contributed by atoms with E-state index in [1.54, 1.807) is 22.5 Å². The zero-order chi connectivity index (χ0) is 15.7. The van der Waals surface area contributed by atoms with Crippen LogP contribution in [-0.4, -0.2) is 19.3 Å². The lowest BCUT2D eigenvalue weighted by molar-refractivity contribution is 0.396. The van der Waals surface area contributed by atoms with Gasteiger partial charge in [0.05, 0.1) is 10.9 Å². The van der Waals surface area contributed by atoms with Crippen LogP contribution in [0.25, 0.3) is 0 Å². The Labute approximate surface area is 136 Å². The highest BCUT2D eigenvalue weighted by molar-refractivity contribution is 7.89. The molecule has 3 rings (SSSR count). The first-order valence-corrected chi connectivity index (χ1v) is 9.14. The Morgan fingerprint density at radius 3 is 2.64 bits per heavy atom. The molecule has 0 saturated carbocycles. The number of hydrogen-bond donors (Lipinski definition) is 0. The van der Waals surface area contributed by atoms with Gasteiger partial charge in [0.15, 0.2) is 0 Å². The first-order chi connectivity index (χ1) is 10.5. The molecule has 1 heterocycles. The average Bonchev–Trinajstić information content (AvgIpc) is 2.97. The van der Waals surface area contributed by atoms with Crippen molar-refractivity contribution >= 4 is 21.6 Å². The van der Waals surface area contributed by atoms with Crippen molar-refractivity contribution in [3.63, 3.8) is 0 Å². The molecule has 116 valence electrons. The van der Waals surface area contributed by atoms with E-state index in [9.17, 15) is 8.42 Å². The number of halogens is 1. The topological polar surface area (TPSA) is 37.4 Å². The fraction of sp³-hybridized carbons (Fsp3) is 0.294. The van der Waals surface area contributed by atoms with Crippen LogP contribution in [0.5, 0.6) is 0 Å². The van der Waals surface area contributed by atoms with Crippen molar-refractivity contribution in [2.45, 2.75) is 30.7 Å². The van der Waals surface area contributed by atoms with Crippen LogP contribution in [0.1, 0.15) is 30.0 Å². The molecule has 0 aliphatic carbocycles. The maximum atomic E-state index is 12.9. The van der Waals surface area contributed by atoms with Gasteiger partial charge in [-0.1, -0.05) is 47.5 Å². The Bertz CT molecular complexity index is 789. The lowest BCUT2D eigenvalue weighted by Crippen LogP contribution is -2.30. The van der Waals surface area contributed by atoms with Gasteiger partial charge >= 0.3 is 0 Å². The minimum absolute atomic E-state index is 0.0936. The third-order valence-electron chi connectivity index (χ3n) is 4.03. The molecule has 0 N–H and O–H groups in total. The Morgan fingerprint density at radius 2 is 1.91 bits per heavy atom. The molecule has 0 spiro atoms. The van der Waals surface area contributed by atoms with Crippen LogP contribution < -0.4 is 0 Å². The summed E-state index contributed by atoms with van der Waals surface area (Å²) in [5.41, 5.74) is 2.20.